The first-order chi connectivity index (χ1) is 8.16. The highest BCUT2D eigenvalue weighted by atomic mass is 19.1. The molecule has 0 aliphatic carbocycles. The van der Waals surface area contributed by atoms with Crippen LogP contribution in [-0.4, -0.2) is 29.8 Å². The lowest BCUT2D eigenvalue weighted by Crippen LogP contribution is -2.36. The van der Waals surface area contributed by atoms with Gasteiger partial charge in [0.25, 0.3) is 0 Å². The molecule has 0 amide bonds. The molecule has 1 heterocycles. The summed E-state index contributed by atoms with van der Waals surface area (Å²) in [6.07, 6.45) is 2.97. The standard InChI is InChI=1S/C14H18FNO/c1-11(17)14-3-2-9-16(14)10-8-12-4-6-13(15)7-5-12/h4-7,14H,2-3,8-10H2,1H3/t14-/m0/s1. The zero-order valence-electron chi connectivity index (χ0n) is 10.2. The van der Waals surface area contributed by atoms with Crippen molar-refractivity contribution in [2.75, 3.05) is 13.1 Å². The van der Waals surface area contributed by atoms with Gasteiger partial charge in [0.2, 0.25) is 0 Å². The first kappa shape index (κ1) is 12.2. The molecule has 0 aromatic heterocycles. The van der Waals surface area contributed by atoms with Crippen LogP contribution in [0.3, 0.4) is 0 Å². The van der Waals surface area contributed by atoms with Crippen molar-refractivity contribution in [3.8, 4) is 0 Å². The molecule has 1 aromatic carbocycles. The smallest absolute Gasteiger partial charge is 0.146 e. The van der Waals surface area contributed by atoms with Crippen molar-refractivity contribution >= 4 is 5.78 Å². The summed E-state index contributed by atoms with van der Waals surface area (Å²) < 4.78 is 12.7. The molecule has 3 heteroatoms. The minimum atomic E-state index is -0.198. The molecule has 1 aliphatic heterocycles. The van der Waals surface area contributed by atoms with Crippen molar-refractivity contribution in [3.63, 3.8) is 0 Å². The summed E-state index contributed by atoms with van der Waals surface area (Å²) in [7, 11) is 0. The number of carbonyl (C=O) groups excluding carboxylic acids is 1. The van der Waals surface area contributed by atoms with Crippen molar-refractivity contribution in [3.05, 3.63) is 35.6 Å². The van der Waals surface area contributed by atoms with E-state index in [4.69, 9.17) is 0 Å². The van der Waals surface area contributed by atoms with Crippen LogP contribution in [-0.2, 0) is 11.2 Å². The Morgan fingerprint density at radius 1 is 1.41 bits per heavy atom. The first-order valence-electron chi connectivity index (χ1n) is 6.16. The maximum Gasteiger partial charge on any atom is 0.146 e. The Hall–Kier alpha value is -1.22. The third-order valence-corrected chi connectivity index (χ3v) is 3.43. The number of benzene rings is 1. The van der Waals surface area contributed by atoms with Gasteiger partial charge in [-0.1, -0.05) is 12.1 Å². The van der Waals surface area contributed by atoms with Gasteiger partial charge >= 0.3 is 0 Å². The van der Waals surface area contributed by atoms with Crippen molar-refractivity contribution in [1.29, 1.82) is 0 Å². The Labute approximate surface area is 101 Å². The molecule has 17 heavy (non-hydrogen) atoms. The molecule has 1 atom stereocenters. The normalized spacial score (nSPS) is 20.7. The molecule has 1 saturated heterocycles. The number of nitrogens with zero attached hydrogens (tertiary/aromatic N) is 1. The topological polar surface area (TPSA) is 20.3 Å². The van der Waals surface area contributed by atoms with Gasteiger partial charge < -0.3 is 0 Å². The van der Waals surface area contributed by atoms with Crippen LogP contribution in [0.1, 0.15) is 25.3 Å². The lowest BCUT2D eigenvalue weighted by molar-refractivity contribution is -0.121. The predicted octanol–water partition coefficient (Wildman–Crippen LogP) is 2.42. The van der Waals surface area contributed by atoms with Crippen LogP contribution in [0.4, 0.5) is 4.39 Å². The second kappa shape index (κ2) is 5.41. The highest BCUT2D eigenvalue weighted by Crippen LogP contribution is 2.18. The number of Topliss-reactive ketones (excluding diaryl/α,β-unsaturated/α-hetero) is 1. The van der Waals surface area contributed by atoms with Gasteiger partial charge in [-0.2, -0.15) is 0 Å². The molecular weight excluding hydrogens is 217 g/mol. The molecule has 0 spiro atoms. The maximum absolute atomic E-state index is 12.7. The Bertz CT molecular complexity index is 388. The fraction of sp³-hybridized carbons (Fsp3) is 0.500. The Morgan fingerprint density at radius 2 is 2.12 bits per heavy atom. The zero-order valence-corrected chi connectivity index (χ0v) is 10.2. The number of ketones is 1. The van der Waals surface area contributed by atoms with E-state index in [2.05, 4.69) is 4.90 Å². The van der Waals surface area contributed by atoms with Crippen molar-refractivity contribution in [2.45, 2.75) is 32.2 Å². The summed E-state index contributed by atoms with van der Waals surface area (Å²) in [4.78, 5) is 13.7. The molecule has 0 radical (unpaired) electrons. The monoisotopic (exact) mass is 235 g/mol. The molecule has 92 valence electrons. The summed E-state index contributed by atoms with van der Waals surface area (Å²) in [5, 5.41) is 0. The SMILES string of the molecule is CC(=O)[C@@H]1CCCN1CCc1ccc(F)cc1. The van der Waals surface area contributed by atoms with Crippen LogP contribution in [0.5, 0.6) is 0 Å². The van der Waals surface area contributed by atoms with E-state index in [1.807, 2.05) is 12.1 Å². The lowest BCUT2D eigenvalue weighted by Gasteiger charge is -2.22. The van der Waals surface area contributed by atoms with Crippen LogP contribution in [0.2, 0.25) is 0 Å². The van der Waals surface area contributed by atoms with Crippen LogP contribution >= 0.6 is 0 Å². The third-order valence-electron chi connectivity index (χ3n) is 3.43. The van der Waals surface area contributed by atoms with E-state index in [-0.39, 0.29) is 17.6 Å². The quantitative estimate of drug-likeness (QED) is 0.798. The highest BCUT2D eigenvalue weighted by Gasteiger charge is 2.27. The van der Waals surface area contributed by atoms with Crippen LogP contribution < -0.4 is 0 Å². The number of hydrogen-bond donors (Lipinski definition) is 0. The summed E-state index contributed by atoms with van der Waals surface area (Å²) in [6.45, 7) is 3.56. The average Bonchev–Trinajstić information content (AvgIpc) is 2.76. The van der Waals surface area contributed by atoms with Crippen LogP contribution in [0, 0.1) is 5.82 Å². The summed E-state index contributed by atoms with van der Waals surface area (Å²) in [5.74, 6) is 0.0677. The van der Waals surface area contributed by atoms with Gasteiger partial charge in [-0.05, 0) is 50.4 Å². The van der Waals surface area contributed by atoms with Gasteiger partial charge in [0.05, 0.1) is 6.04 Å². The maximum atomic E-state index is 12.7. The van der Waals surface area contributed by atoms with Crippen molar-refractivity contribution in [1.82, 2.24) is 4.90 Å². The molecule has 0 saturated carbocycles. The van der Waals surface area contributed by atoms with Crippen molar-refractivity contribution < 1.29 is 9.18 Å². The molecule has 2 nitrogen and oxygen atoms in total. The molecule has 1 fully saturated rings. The minimum absolute atomic E-state index is 0.107. The molecule has 2 rings (SSSR count). The van der Waals surface area contributed by atoms with Crippen LogP contribution in [0.25, 0.3) is 0 Å². The highest BCUT2D eigenvalue weighted by molar-refractivity contribution is 5.81. The summed E-state index contributed by atoms with van der Waals surface area (Å²) in [6, 6.07) is 6.71. The van der Waals surface area contributed by atoms with Gasteiger partial charge in [-0.3, -0.25) is 9.69 Å². The fourth-order valence-electron chi connectivity index (χ4n) is 2.48. The van der Waals surface area contributed by atoms with Crippen LogP contribution in [0.15, 0.2) is 24.3 Å². The van der Waals surface area contributed by atoms with E-state index in [1.165, 1.54) is 12.1 Å². The number of likely N-dealkylation sites (tertiary alicyclic amines) is 1. The zero-order chi connectivity index (χ0) is 12.3. The third kappa shape index (κ3) is 3.13. The number of hydrogen-bond acceptors (Lipinski definition) is 2. The second-order valence-electron chi connectivity index (χ2n) is 4.68. The minimum Gasteiger partial charge on any atom is -0.298 e. The van der Waals surface area contributed by atoms with Gasteiger partial charge in [0, 0.05) is 6.54 Å². The fourth-order valence-corrected chi connectivity index (χ4v) is 2.48. The largest absolute Gasteiger partial charge is 0.298 e. The van der Waals surface area contributed by atoms with E-state index >= 15 is 0 Å². The van der Waals surface area contributed by atoms with E-state index in [9.17, 15) is 9.18 Å². The molecule has 0 unspecified atom stereocenters. The average molecular weight is 235 g/mol. The Balaban J connectivity index is 1.89. The summed E-state index contributed by atoms with van der Waals surface area (Å²) >= 11 is 0. The number of carbonyl (C=O) groups is 1. The molecule has 0 bridgehead atoms. The Kier molecular flexibility index (Phi) is 3.89. The number of rotatable bonds is 4. The lowest BCUT2D eigenvalue weighted by atomic mass is 10.1. The first-order valence-corrected chi connectivity index (χ1v) is 6.16. The van der Waals surface area contributed by atoms with E-state index in [0.717, 1.165) is 37.9 Å². The van der Waals surface area contributed by atoms with Gasteiger partial charge in [-0.15, -0.1) is 0 Å². The van der Waals surface area contributed by atoms with Gasteiger partial charge in [0.15, 0.2) is 0 Å². The Morgan fingerprint density at radius 3 is 2.76 bits per heavy atom. The molecular formula is C14H18FNO. The molecule has 1 aromatic rings. The predicted molar refractivity (Wildman–Crippen MR) is 65.4 cm³/mol. The van der Waals surface area contributed by atoms with E-state index < -0.39 is 0 Å². The van der Waals surface area contributed by atoms with Gasteiger partial charge in [0.1, 0.15) is 11.6 Å². The van der Waals surface area contributed by atoms with E-state index in [0.29, 0.717) is 0 Å². The van der Waals surface area contributed by atoms with E-state index in [1.54, 1.807) is 6.92 Å². The number of halogens is 1. The molecule has 1 aliphatic rings. The molecule has 0 N–H and O–H groups in total. The van der Waals surface area contributed by atoms with Gasteiger partial charge in [-0.25, -0.2) is 4.39 Å². The second-order valence-corrected chi connectivity index (χ2v) is 4.68. The summed E-state index contributed by atoms with van der Waals surface area (Å²) in [5.41, 5.74) is 1.13. The van der Waals surface area contributed by atoms with Crippen molar-refractivity contribution in [2.24, 2.45) is 0 Å².